The first-order valence-electron chi connectivity index (χ1n) is 4.92. The monoisotopic (exact) mass is 172 g/mol. The predicted octanol–water partition coefficient (Wildman–Crippen LogP) is 0.354. The van der Waals surface area contributed by atoms with E-state index in [1.807, 2.05) is 0 Å². The Morgan fingerprint density at radius 3 is 2.42 bits per heavy atom. The fraction of sp³-hybridized carbons (Fsp3) is 1.00. The summed E-state index contributed by atoms with van der Waals surface area (Å²) in [5.41, 5.74) is 0. The van der Waals surface area contributed by atoms with Crippen molar-refractivity contribution in [3.05, 3.63) is 0 Å². The summed E-state index contributed by atoms with van der Waals surface area (Å²) in [5, 5.41) is 8.94. The Hall–Kier alpha value is -0.120. The molecule has 0 spiro atoms. The minimum atomic E-state index is 0.222. The van der Waals surface area contributed by atoms with Gasteiger partial charge in [0.1, 0.15) is 0 Å². The van der Waals surface area contributed by atoms with Gasteiger partial charge < -0.3 is 10.0 Å². The quantitative estimate of drug-likeness (QED) is 0.665. The second kappa shape index (κ2) is 5.51. The molecule has 1 rings (SSSR count). The van der Waals surface area contributed by atoms with Gasteiger partial charge in [0.05, 0.1) is 6.73 Å². The minimum Gasteiger partial charge on any atom is -0.381 e. The first-order valence-corrected chi connectivity index (χ1v) is 4.92. The van der Waals surface area contributed by atoms with Crippen molar-refractivity contribution in [2.45, 2.75) is 19.8 Å². The molecule has 72 valence electrons. The Labute approximate surface area is 75.0 Å². The normalized spacial score (nSPS) is 22.5. The second-order valence-electron chi connectivity index (χ2n) is 3.45. The van der Waals surface area contributed by atoms with Gasteiger partial charge in [0.2, 0.25) is 0 Å². The highest BCUT2D eigenvalue weighted by atomic mass is 16.3. The Bertz CT molecular complexity index is 119. The highest BCUT2D eigenvalue weighted by molar-refractivity contribution is 4.66. The standard InChI is InChI=1S/C9H20N2O/c1-2-4-10-5-3-6-11(9-12)8-7-10/h12H,2-9H2,1H3. The SMILES string of the molecule is CCCN1CCCN(CO)CC1. The van der Waals surface area contributed by atoms with E-state index in [9.17, 15) is 0 Å². The summed E-state index contributed by atoms with van der Waals surface area (Å²) < 4.78 is 0. The molecule has 0 atom stereocenters. The fourth-order valence-electron chi connectivity index (χ4n) is 1.71. The molecule has 0 aromatic rings. The Morgan fingerprint density at radius 2 is 1.75 bits per heavy atom. The average molecular weight is 172 g/mol. The molecule has 0 unspecified atom stereocenters. The van der Waals surface area contributed by atoms with Gasteiger partial charge in [-0.3, -0.25) is 4.90 Å². The van der Waals surface area contributed by atoms with E-state index < -0.39 is 0 Å². The van der Waals surface area contributed by atoms with Crippen LogP contribution in [0.15, 0.2) is 0 Å². The van der Waals surface area contributed by atoms with Crippen molar-refractivity contribution in [2.75, 3.05) is 39.5 Å². The summed E-state index contributed by atoms with van der Waals surface area (Å²) in [7, 11) is 0. The Balaban J connectivity index is 2.24. The number of nitrogens with zero attached hydrogens (tertiary/aromatic N) is 2. The van der Waals surface area contributed by atoms with Gasteiger partial charge in [0.25, 0.3) is 0 Å². The zero-order chi connectivity index (χ0) is 8.81. The molecule has 3 nitrogen and oxygen atoms in total. The van der Waals surface area contributed by atoms with E-state index in [2.05, 4.69) is 16.7 Å². The van der Waals surface area contributed by atoms with Crippen LogP contribution in [0.4, 0.5) is 0 Å². The van der Waals surface area contributed by atoms with Crippen molar-refractivity contribution < 1.29 is 5.11 Å². The third-order valence-corrected chi connectivity index (χ3v) is 2.42. The van der Waals surface area contributed by atoms with Gasteiger partial charge >= 0.3 is 0 Å². The minimum absolute atomic E-state index is 0.222. The van der Waals surface area contributed by atoms with E-state index in [4.69, 9.17) is 5.11 Å². The summed E-state index contributed by atoms with van der Waals surface area (Å²) in [4.78, 5) is 4.59. The first-order chi connectivity index (χ1) is 5.86. The van der Waals surface area contributed by atoms with Crippen molar-refractivity contribution in [2.24, 2.45) is 0 Å². The molecule has 0 radical (unpaired) electrons. The van der Waals surface area contributed by atoms with Gasteiger partial charge in [-0.2, -0.15) is 0 Å². The number of hydrogen-bond donors (Lipinski definition) is 1. The third kappa shape index (κ3) is 3.09. The second-order valence-corrected chi connectivity index (χ2v) is 3.45. The van der Waals surface area contributed by atoms with Gasteiger partial charge in [-0.25, -0.2) is 0 Å². The van der Waals surface area contributed by atoms with E-state index in [-0.39, 0.29) is 6.73 Å². The molecule has 1 N–H and O–H groups in total. The number of rotatable bonds is 3. The molecular weight excluding hydrogens is 152 g/mol. The Morgan fingerprint density at radius 1 is 1.08 bits per heavy atom. The smallest absolute Gasteiger partial charge is 0.0956 e. The predicted molar refractivity (Wildman–Crippen MR) is 50.0 cm³/mol. The average Bonchev–Trinajstić information content (AvgIpc) is 2.31. The van der Waals surface area contributed by atoms with Crippen LogP contribution in [0.3, 0.4) is 0 Å². The molecule has 1 heterocycles. The summed E-state index contributed by atoms with van der Waals surface area (Å²) in [6.07, 6.45) is 2.43. The summed E-state index contributed by atoms with van der Waals surface area (Å²) in [5.74, 6) is 0. The van der Waals surface area contributed by atoms with Crippen molar-refractivity contribution >= 4 is 0 Å². The molecule has 1 aliphatic heterocycles. The molecule has 1 fully saturated rings. The van der Waals surface area contributed by atoms with Crippen LogP contribution in [-0.2, 0) is 0 Å². The van der Waals surface area contributed by atoms with Gasteiger partial charge in [0, 0.05) is 19.6 Å². The lowest BCUT2D eigenvalue weighted by Crippen LogP contribution is -2.31. The van der Waals surface area contributed by atoms with Crippen LogP contribution >= 0.6 is 0 Å². The summed E-state index contributed by atoms with van der Waals surface area (Å²) in [6, 6.07) is 0. The molecule has 1 aliphatic rings. The van der Waals surface area contributed by atoms with Crippen LogP contribution in [-0.4, -0.2) is 54.4 Å². The zero-order valence-electron chi connectivity index (χ0n) is 8.00. The van der Waals surface area contributed by atoms with E-state index in [0.29, 0.717) is 0 Å². The van der Waals surface area contributed by atoms with Gasteiger partial charge in [0.15, 0.2) is 0 Å². The molecular formula is C9H20N2O. The highest BCUT2D eigenvalue weighted by Gasteiger charge is 2.12. The number of aliphatic hydroxyl groups is 1. The molecule has 1 saturated heterocycles. The molecule has 0 aromatic carbocycles. The van der Waals surface area contributed by atoms with Crippen LogP contribution in [0.2, 0.25) is 0 Å². The maximum atomic E-state index is 8.94. The first kappa shape index (κ1) is 9.96. The van der Waals surface area contributed by atoms with E-state index in [1.165, 1.54) is 25.9 Å². The largest absolute Gasteiger partial charge is 0.381 e. The maximum Gasteiger partial charge on any atom is 0.0956 e. The molecule has 0 aliphatic carbocycles. The van der Waals surface area contributed by atoms with Crippen LogP contribution < -0.4 is 0 Å². The van der Waals surface area contributed by atoms with E-state index in [0.717, 1.165) is 19.6 Å². The van der Waals surface area contributed by atoms with Crippen molar-refractivity contribution in [3.8, 4) is 0 Å². The maximum absolute atomic E-state index is 8.94. The van der Waals surface area contributed by atoms with Crippen LogP contribution in [0, 0.1) is 0 Å². The third-order valence-electron chi connectivity index (χ3n) is 2.42. The topological polar surface area (TPSA) is 26.7 Å². The van der Waals surface area contributed by atoms with E-state index >= 15 is 0 Å². The summed E-state index contributed by atoms with van der Waals surface area (Å²) in [6.45, 7) is 8.04. The Kier molecular flexibility index (Phi) is 4.58. The highest BCUT2D eigenvalue weighted by Crippen LogP contribution is 2.02. The molecule has 0 saturated carbocycles. The van der Waals surface area contributed by atoms with E-state index in [1.54, 1.807) is 0 Å². The van der Waals surface area contributed by atoms with Crippen molar-refractivity contribution in [3.63, 3.8) is 0 Å². The van der Waals surface area contributed by atoms with Crippen molar-refractivity contribution in [1.82, 2.24) is 9.80 Å². The fourth-order valence-corrected chi connectivity index (χ4v) is 1.71. The van der Waals surface area contributed by atoms with Crippen LogP contribution in [0.25, 0.3) is 0 Å². The molecule has 0 bridgehead atoms. The lowest BCUT2D eigenvalue weighted by atomic mass is 10.3. The lowest BCUT2D eigenvalue weighted by molar-refractivity contribution is 0.110. The molecule has 0 aromatic heterocycles. The zero-order valence-corrected chi connectivity index (χ0v) is 8.00. The van der Waals surface area contributed by atoms with Gasteiger partial charge in [-0.15, -0.1) is 0 Å². The van der Waals surface area contributed by atoms with Crippen molar-refractivity contribution in [1.29, 1.82) is 0 Å². The van der Waals surface area contributed by atoms with Crippen LogP contribution in [0.5, 0.6) is 0 Å². The molecule has 3 heteroatoms. The van der Waals surface area contributed by atoms with Gasteiger partial charge in [-0.05, 0) is 25.9 Å². The number of hydrogen-bond acceptors (Lipinski definition) is 3. The molecule has 12 heavy (non-hydrogen) atoms. The summed E-state index contributed by atoms with van der Waals surface area (Å²) >= 11 is 0. The lowest BCUT2D eigenvalue weighted by Gasteiger charge is -2.19. The number of aliphatic hydroxyl groups excluding tert-OH is 1. The molecule has 0 amide bonds. The van der Waals surface area contributed by atoms with Crippen LogP contribution in [0.1, 0.15) is 19.8 Å². The van der Waals surface area contributed by atoms with Gasteiger partial charge in [-0.1, -0.05) is 6.92 Å².